The van der Waals surface area contributed by atoms with Gasteiger partial charge in [0.2, 0.25) is 0 Å². The lowest BCUT2D eigenvalue weighted by Crippen LogP contribution is -2.20. The van der Waals surface area contributed by atoms with Gasteiger partial charge in [-0.1, -0.05) is 57.2 Å². The fourth-order valence-electron chi connectivity index (χ4n) is 1.68. The molecule has 0 N–H and O–H groups in total. The highest BCUT2D eigenvalue weighted by Crippen LogP contribution is 2.33. The highest BCUT2D eigenvalue weighted by atomic mass is 32.2. The lowest BCUT2D eigenvalue weighted by Gasteiger charge is -2.22. The molecule has 13 heavy (non-hydrogen) atoms. The Kier molecular flexibility index (Phi) is 5.52. The van der Waals surface area contributed by atoms with Crippen molar-refractivity contribution in [1.29, 1.82) is 0 Å². The van der Waals surface area contributed by atoms with E-state index in [0.29, 0.717) is 10.4 Å². The normalized spacial score (nSPS) is 21.6. The molecule has 0 radical (unpaired) electrons. The fourth-order valence-corrected chi connectivity index (χ4v) is 2.57. The van der Waals surface area contributed by atoms with E-state index in [1.165, 1.54) is 44.9 Å². The molecule has 0 aromatic carbocycles. The van der Waals surface area contributed by atoms with E-state index in [1.54, 1.807) is 11.8 Å². The maximum atomic E-state index is 10.6. The van der Waals surface area contributed by atoms with Gasteiger partial charge in [-0.3, -0.25) is 4.79 Å². The monoisotopic (exact) mass is 200 g/mol. The molecule has 0 aliphatic carbocycles. The third-order valence-electron chi connectivity index (χ3n) is 2.57. The van der Waals surface area contributed by atoms with Crippen LogP contribution in [-0.4, -0.2) is 10.4 Å². The van der Waals surface area contributed by atoms with Gasteiger partial charge in [0.1, 0.15) is 0 Å². The second-order valence-corrected chi connectivity index (χ2v) is 5.23. The standard InChI is InChI=1S/C11H20OS/c1-2-3-4-5-6-7-8-10-9-11(12)13-10/h10H,2-9H2,1H3. The Morgan fingerprint density at radius 3 is 2.46 bits per heavy atom. The summed E-state index contributed by atoms with van der Waals surface area (Å²) in [5.74, 6) is 0. The number of thioether (sulfide) groups is 1. The highest BCUT2D eigenvalue weighted by Gasteiger charge is 2.26. The summed E-state index contributed by atoms with van der Waals surface area (Å²) in [7, 11) is 0. The molecular weight excluding hydrogens is 180 g/mol. The molecule has 2 heteroatoms. The molecule has 0 bridgehead atoms. The molecule has 1 aliphatic rings. The van der Waals surface area contributed by atoms with E-state index in [9.17, 15) is 4.79 Å². The largest absolute Gasteiger partial charge is 0.287 e. The van der Waals surface area contributed by atoms with Gasteiger partial charge in [-0.05, 0) is 6.42 Å². The lowest BCUT2D eigenvalue weighted by molar-refractivity contribution is -0.112. The summed E-state index contributed by atoms with van der Waals surface area (Å²) >= 11 is 1.56. The van der Waals surface area contributed by atoms with Gasteiger partial charge in [0.25, 0.3) is 0 Å². The summed E-state index contributed by atoms with van der Waals surface area (Å²) < 4.78 is 0. The number of carbonyl (C=O) groups is 1. The third kappa shape index (κ3) is 4.70. The van der Waals surface area contributed by atoms with Crippen molar-refractivity contribution >= 4 is 16.9 Å². The fraction of sp³-hybridized carbons (Fsp3) is 0.909. The molecule has 0 amide bonds. The molecule has 1 fully saturated rings. The molecule has 0 spiro atoms. The van der Waals surface area contributed by atoms with E-state index in [0.717, 1.165) is 6.42 Å². The molecule has 1 heterocycles. The Labute approximate surface area is 85.7 Å². The van der Waals surface area contributed by atoms with Crippen molar-refractivity contribution < 1.29 is 4.79 Å². The van der Waals surface area contributed by atoms with E-state index in [4.69, 9.17) is 0 Å². The molecule has 0 saturated carbocycles. The van der Waals surface area contributed by atoms with E-state index >= 15 is 0 Å². The Bertz CT molecular complexity index is 148. The van der Waals surface area contributed by atoms with Crippen molar-refractivity contribution in [3.8, 4) is 0 Å². The quantitative estimate of drug-likeness (QED) is 0.582. The van der Waals surface area contributed by atoms with Crippen molar-refractivity contribution in [2.45, 2.75) is 63.5 Å². The Balaban J connectivity index is 1.77. The minimum atomic E-state index is 0.399. The minimum absolute atomic E-state index is 0.399. The van der Waals surface area contributed by atoms with Gasteiger partial charge < -0.3 is 0 Å². The summed E-state index contributed by atoms with van der Waals surface area (Å²) in [6.45, 7) is 2.25. The average molecular weight is 200 g/mol. The van der Waals surface area contributed by atoms with Gasteiger partial charge in [-0.25, -0.2) is 0 Å². The Hall–Kier alpha value is 0.0200. The summed E-state index contributed by atoms with van der Waals surface area (Å²) in [6.07, 6.45) is 10.3. The van der Waals surface area contributed by atoms with Crippen LogP contribution in [0.1, 0.15) is 58.3 Å². The molecule has 1 rings (SSSR count). The molecule has 0 aromatic rings. The topological polar surface area (TPSA) is 17.1 Å². The number of hydrogen-bond donors (Lipinski definition) is 0. The molecular formula is C11H20OS. The summed E-state index contributed by atoms with van der Waals surface area (Å²) in [6, 6.07) is 0. The van der Waals surface area contributed by atoms with Crippen LogP contribution in [0.25, 0.3) is 0 Å². The van der Waals surface area contributed by atoms with Crippen LogP contribution in [0, 0.1) is 0 Å². The van der Waals surface area contributed by atoms with Crippen LogP contribution in [0.4, 0.5) is 0 Å². The van der Waals surface area contributed by atoms with Gasteiger partial charge in [-0.15, -0.1) is 0 Å². The van der Waals surface area contributed by atoms with E-state index in [-0.39, 0.29) is 0 Å². The third-order valence-corrected chi connectivity index (χ3v) is 3.74. The Morgan fingerprint density at radius 2 is 1.85 bits per heavy atom. The second-order valence-electron chi connectivity index (χ2n) is 3.87. The minimum Gasteiger partial charge on any atom is -0.287 e. The summed E-state index contributed by atoms with van der Waals surface area (Å²) in [5, 5.41) is 1.08. The van der Waals surface area contributed by atoms with E-state index in [2.05, 4.69) is 6.92 Å². The zero-order valence-electron chi connectivity index (χ0n) is 8.55. The van der Waals surface area contributed by atoms with Crippen LogP contribution in [0.2, 0.25) is 0 Å². The maximum absolute atomic E-state index is 10.6. The van der Waals surface area contributed by atoms with E-state index < -0.39 is 0 Å². The number of hydrogen-bond acceptors (Lipinski definition) is 2. The summed E-state index contributed by atoms with van der Waals surface area (Å²) in [4.78, 5) is 10.6. The predicted molar refractivity (Wildman–Crippen MR) is 59.0 cm³/mol. The van der Waals surface area contributed by atoms with Crippen molar-refractivity contribution in [1.82, 2.24) is 0 Å². The smallest absolute Gasteiger partial charge is 0.190 e. The van der Waals surface area contributed by atoms with Crippen LogP contribution >= 0.6 is 11.8 Å². The summed E-state index contributed by atoms with van der Waals surface area (Å²) in [5.41, 5.74) is 0. The van der Waals surface area contributed by atoms with Gasteiger partial charge in [0.15, 0.2) is 5.12 Å². The first kappa shape index (κ1) is 11.1. The number of unbranched alkanes of at least 4 members (excludes halogenated alkanes) is 5. The predicted octanol–water partition coefficient (Wildman–Crippen LogP) is 3.77. The van der Waals surface area contributed by atoms with Gasteiger partial charge in [0, 0.05) is 11.7 Å². The van der Waals surface area contributed by atoms with Crippen molar-refractivity contribution in [3.05, 3.63) is 0 Å². The van der Waals surface area contributed by atoms with Crippen LogP contribution in [0.3, 0.4) is 0 Å². The first-order valence-electron chi connectivity index (χ1n) is 5.52. The molecule has 1 unspecified atom stereocenters. The first-order valence-corrected chi connectivity index (χ1v) is 6.40. The molecule has 0 aromatic heterocycles. The Morgan fingerprint density at radius 1 is 1.23 bits per heavy atom. The van der Waals surface area contributed by atoms with Gasteiger partial charge in [-0.2, -0.15) is 0 Å². The van der Waals surface area contributed by atoms with Crippen LogP contribution in [0.15, 0.2) is 0 Å². The van der Waals surface area contributed by atoms with Crippen molar-refractivity contribution in [2.75, 3.05) is 0 Å². The maximum Gasteiger partial charge on any atom is 0.190 e. The second kappa shape index (κ2) is 6.47. The zero-order chi connectivity index (χ0) is 9.52. The highest BCUT2D eigenvalue weighted by molar-refractivity contribution is 8.16. The lowest BCUT2D eigenvalue weighted by atomic mass is 10.1. The van der Waals surface area contributed by atoms with Crippen LogP contribution in [0.5, 0.6) is 0 Å². The van der Waals surface area contributed by atoms with E-state index in [1.807, 2.05) is 0 Å². The van der Waals surface area contributed by atoms with Crippen molar-refractivity contribution in [2.24, 2.45) is 0 Å². The molecule has 1 atom stereocenters. The molecule has 1 saturated heterocycles. The number of carbonyl (C=O) groups excluding carboxylic acids is 1. The molecule has 76 valence electrons. The average Bonchev–Trinajstić information content (AvgIpc) is 2.07. The molecule has 1 nitrogen and oxygen atoms in total. The first-order chi connectivity index (χ1) is 6.33. The molecule has 1 aliphatic heterocycles. The van der Waals surface area contributed by atoms with Crippen molar-refractivity contribution in [3.63, 3.8) is 0 Å². The number of rotatable bonds is 7. The zero-order valence-corrected chi connectivity index (χ0v) is 9.37. The van der Waals surface area contributed by atoms with Crippen LogP contribution < -0.4 is 0 Å². The SMILES string of the molecule is CCCCCCCCC1CC(=O)S1. The van der Waals surface area contributed by atoms with Gasteiger partial charge >= 0.3 is 0 Å². The van der Waals surface area contributed by atoms with Crippen LogP contribution in [-0.2, 0) is 4.79 Å². The van der Waals surface area contributed by atoms with Gasteiger partial charge in [0.05, 0.1) is 0 Å².